The zero-order valence-electron chi connectivity index (χ0n) is 12.9. The van der Waals surface area contributed by atoms with Gasteiger partial charge in [0, 0.05) is 6.04 Å². The first-order chi connectivity index (χ1) is 9.72. The van der Waals surface area contributed by atoms with Crippen molar-refractivity contribution < 1.29 is 9.47 Å². The van der Waals surface area contributed by atoms with Crippen molar-refractivity contribution in [2.24, 2.45) is 5.92 Å². The summed E-state index contributed by atoms with van der Waals surface area (Å²) in [5, 5.41) is 3.64. The Bertz CT molecular complexity index is 411. The Hall–Kier alpha value is -1.22. The van der Waals surface area contributed by atoms with Gasteiger partial charge in [-0.15, -0.1) is 0 Å². The highest BCUT2D eigenvalue weighted by atomic mass is 16.5. The van der Waals surface area contributed by atoms with Crippen LogP contribution in [0.15, 0.2) is 18.2 Å². The van der Waals surface area contributed by atoms with Crippen molar-refractivity contribution in [3.8, 4) is 11.5 Å². The van der Waals surface area contributed by atoms with Gasteiger partial charge < -0.3 is 14.8 Å². The molecule has 0 aliphatic carbocycles. The van der Waals surface area contributed by atoms with Gasteiger partial charge in [-0.1, -0.05) is 13.0 Å². The monoisotopic (exact) mass is 277 g/mol. The molecule has 3 nitrogen and oxygen atoms in total. The fraction of sp³-hybridized carbons (Fsp3) is 0.647. The molecule has 1 aromatic carbocycles. The van der Waals surface area contributed by atoms with Gasteiger partial charge in [0.2, 0.25) is 0 Å². The van der Waals surface area contributed by atoms with Crippen LogP contribution in [0.3, 0.4) is 0 Å². The molecule has 1 N–H and O–H groups in total. The second-order valence-corrected chi connectivity index (χ2v) is 5.64. The van der Waals surface area contributed by atoms with Gasteiger partial charge in [-0.05, 0) is 63.3 Å². The van der Waals surface area contributed by atoms with Crippen molar-refractivity contribution in [2.45, 2.75) is 46.1 Å². The SMILES string of the molecule is CCOc1ccc(CC2CCC(C)CN2)cc1OCC. The maximum atomic E-state index is 5.69. The Morgan fingerprint density at radius 1 is 1.10 bits per heavy atom. The fourth-order valence-electron chi connectivity index (χ4n) is 2.74. The molecule has 1 heterocycles. The molecule has 0 radical (unpaired) electrons. The summed E-state index contributed by atoms with van der Waals surface area (Å²) < 4.78 is 11.3. The van der Waals surface area contributed by atoms with E-state index in [0.717, 1.165) is 30.4 Å². The second-order valence-electron chi connectivity index (χ2n) is 5.64. The molecule has 1 aliphatic heterocycles. The average Bonchev–Trinajstić information content (AvgIpc) is 2.45. The minimum Gasteiger partial charge on any atom is -0.490 e. The predicted molar refractivity (Wildman–Crippen MR) is 82.7 cm³/mol. The van der Waals surface area contributed by atoms with Crippen LogP contribution in [0.1, 0.15) is 39.2 Å². The lowest BCUT2D eigenvalue weighted by atomic mass is 9.92. The lowest BCUT2D eigenvalue weighted by molar-refractivity contribution is 0.287. The first kappa shape index (κ1) is 15.2. The van der Waals surface area contributed by atoms with Crippen molar-refractivity contribution >= 4 is 0 Å². The maximum Gasteiger partial charge on any atom is 0.161 e. The van der Waals surface area contributed by atoms with Crippen LogP contribution in [0.2, 0.25) is 0 Å². The highest BCUT2D eigenvalue weighted by Crippen LogP contribution is 2.29. The number of nitrogens with one attached hydrogen (secondary N) is 1. The average molecular weight is 277 g/mol. The van der Waals surface area contributed by atoms with E-state index < -0.39 is 0 Å². The molecule has 1 saturated heterocycles. The number of hydrogen-bond acceptors (Lipinski definition) is 3. The molecule has 20 heavy (non-hydrogen) atoms. The first-order valence-electron chi connectivity index (χ1n) is 7.84. The van der Waals surface area contributed by atoms with Gasteiger partial charge in [-0.25, -0.2) is 0 Å². The van der Waals surface area contributed by atoms with E-state index in [1.54, 1.807) is 0 Å². The number of rotatable bonds is 6. The third-order valence-corrected chi connectivity index (χ3v) is 3.85. The Kier molecular flexibility index (Phi) is 5.72. The summed E-state index contributed by atoms with van der Waals surface area (Å²) in [4.78, 5) is 0. The molecule has 3 heteroatoms. The normalized spacial score (nSPS) is 22.6. The quantitative estimate of drug-likeness (QED) is 0.864. The van der Waals surface area contributed by atoms with Crippen molar-refractivity contribution in [2.75, 3.05) is 19.8 Å². The van der Waals surface area contributed by atoms with Gasteiger partial charge in [-0.3, -0.25) is 0 Å². The molecule has 2 unspecified atom stereocenters. The molecular weight excluding hydrogens is 250 g/mol. The van der Waals surface area contributed by atoms with E-state index in [-0.39, 0.29) is 0 Å². The second kappa shape index (κ2) is 7.53. The molecule has 112 valence electrons. The molecule has 1 fully saturated rings. The van der Waals surface area contributed by atoms with E-state index in [1.165, 1.54) is 18.4 Å². The van der Waals surface area contributed by atoms with Crippen molar-refractivity contribution in [1.29, 1.82) is 0 Å². The Morgan fingerprint density at radius 3 is 2.50 bits per heavy atom. The summed E-state index contributed by atoms with van der Waals surface area (Å²) >= 11 is 0. The number of piperidine rings is 1. The molecule has 0 aromatic heterocycles. The lowest BCUT2D eigenvalue weighted by Gasteiger charge is -2.28. The van der Waals surface area contributed by atoms with E-state index in [9.17, 15) is 0 Å². The Morgan fingerprint density at radius 2 is 1.85 bits per heavy atom. The van der Waals surface area contributed by atoms with Crippen LogP contribution >= 0.6 is 0 Å². The summed E-state index contributed by atoms with van der Waals surface area (Å²) in [7, 11) is 0. The Balaban J connectivity index is 2.02. The molecule has 2 rings (SSSR count). The minimum atomic E-state index is 0.596. The number of ether oxygens (including phenoxy) is 2. The van der Waals surface area contributed by atoms with Crippen LogP contribution in [-0.4, -0.2) is 25.8 Å². The van der Waals surface area contributed by atoms with E-state index in [4.69, 9.17) is 9.47 Å². The standard InChI is InChI=1S/C17H27NO2/c1-4-19-16-9-7-14(11-17(16)20-5-2)10-15-8-6-13(3)12-18-15/h7,9,11,13,15,18H,4-6,8,10,12H2,1-3H3. The summed E-state index contributed by atoms with van der Waals surface area (Å²) in [5.41, 5.74) is 1.32. The topological polar surface area (TPSA) is 30.5 Å². The van der Waals surface area contributed by atoms with Crippen LogP contribution in [0.5, 0.6) is 11.5 Å². The van der Waals surface area contributed by atoms with Crippen molar-refractivity contribution in [1.82, 2.24) is 5.32 Å². The number of benzene rings is 1. The molecule has 0 amide bonds. The zero-order chi connectivity index (χ0) is 14.4. The van der Waals surface area contributed by atoms with Gasteiger partial charge >= 0.3 is 0 Å². The Labute approximate surface area is 122 Å². The third kappa shape index (κ3) is 4.14. The fourth-order valence-corrected chi connectivity index (χ4v) is 2.74. The van der Waals surface area contributed by atoms with E-state index in [0.29, 0.717) is 19.3 Å². The molecule has 1 aromatic rings. The molecule has 0 saturated carbocycles. The van der Waals surface area contributed by atoms with E-state index in [1.807, 2.05) is 19.9 Å². The number of hydrogen-bond donors (Lipinski definition) is 1. The van der Waals surface area contributed by atoms with Crippen molar-refractivity contribution in [3.05, 3.63) is 23.8 Å². The zero-order valence-corrected chi connectivity index (χ0v) is 12.9. The van der Waals surface area contributed by atoms with Gasteiger partial charge in [0.15, 0.2) is 11.5 Å². The van der Waals surface area contributed by atoms with Gasteiger partial charge in [0.25, 0.3) is 0 Å². The molecule has 0 spiro atoms. The van der Waals surface area contributed by atoms with Crippen LogP contribution in [-0.2, 0) is 6.42 Å². The van der Waals surface area contributed by atoms with Crippen LogP contribution in [0, 0.1) is 5.92 Å². The van der Waals surface area contributed by atoms with Gasteiger partial charge in [0.1, 0.15) is 0 Å². The van der Waals surface area contributed by atoms with Gasteiger partial charge in [0.05, 0.1) is 13.2 Å². The summed E-state index contributed by atoms with van der Waals surface area (Å²) in [6.45, 7) is 8.79. The third-order valence-electron chi connectivity index (χ3n) is 3.85. The van der Waals surface area contributed by atoms with E-state index in [2.05, 4.69) is 24.4 Å². The highest BCUT2D eigenvalue weighted by Gasteiger charge is 2.18. The molecular formula is C17H27NO2. The lowest BCUT2D eigenvalue weighted by Crippen LogP contribution is -2.39. The largest absolute Gasteiger partial charge is 0.490 e. The van der Waals surface area contributed by atoms with Crippen LogP contribution < -0.4 is 14.8 Å². The minimum absolute atomic E-state index is 0.596. The van der Waals surface area contributed by atoms with Crippen LogP contribution in [0.4, 0.5) is 0 Å². The predicted octanol–water partition coefficient (Wildman–Crippen LogP) is 3.41. The molecule has 2 atom stereocenters. The van der Waals surface area contributed by atoms with E-state index >= 15 is 0 Å². The molecule has 1 aliphatic rings. The summed E-state index contributed by atoms with van der Waals surface area (Å²) in [5.74, 6) is 2.53. The summed E-state index contributed by atoms with van der Waals surface area (Å²) in [6, 6.07) is 6.93. The maximum absolute atomic E-state index is 5.69. The highest BCUT2D eigenvalue weighted by molar-refractivity contribution is 5.43. The summed E-state index contributed by atoms with van der Waals surface area (Å²) in [6.07, 6.45) is 3.66. The smallest absolute Gasteiger partial charge is 0.161 e. The molecule has 0 bridgehead atoms. The first-order valence-corrected chi connectivity index (χ1v) is 7.84. The van der Waals surface area contributed by atoms with Gasteiger partial charge in [-0.2, -0.15) is 0 Å². The van der Waals surface area contributed by atoms with Crippen LogP contribution in [0.25, 0.3) is 0 Å². The van der Waals surface area contributed by atoms with Crippen molar-refractivity contribution in [3.63, 3.8) is 0 Å².